The second kappa shape index (κ2) is 4.40. The molecule has 94 valence electrons. The van der Waals surface area contributed by atoms with Crippen LogP contribution in [0.3, 0.4) is 0 Å². The van der Waals surface area contributed by atoms with Gasteiger partial charge in [0.1, 0.15) is 17.5 Å². The van der Waals surface area contributed by atoms with E-state index >= 15 is 0 Å². The number of carboxylic acid groups (broad SMARTS) is 1. The van der Waals surface area contributed by atoms with Crippen molar-refractivity contribution >= 4 is 22.8 Å². The molecule has 0 radical (unpaired) electrons. The monoisotopic (exact) mass is 248 g/mol. The third-order valence-electron chi connectivity index (χ3n) is 2.57. The number of nitrogens with one attached hydrogen (secondary N) is 2. The predicted molar refractivity (Wildman–Crippen MR) is 64.5 cm³/mol. The fraction of sp³-hybridized carbons (Fsp3) is 0.167. The van der Waals surface area contributed by atoms with Gasteiger partial charge in [0.15, 0.2) is 0 Å². The molecule has 2 aromatic rings. The van der Waals surface area contributed by atoms with E-state index in [9.17, 15) is 14.7 Å². The van der Waals surface area contributed by atoms with Crippen LogP contribution < -0.4 is 5.32 Å². The lowest BCUT2D eigenvalue weighted by Crippen LogP contribution is -2.38. The zero-order chi connectivity index (χ0) is 13.3. The largest absolute Gasteiger partial charge is 0.508 e. The number of H-pyrrole nitrogens is 1. The molecule has 2 rings (SSSR count). The summed E-state index contributed by atoms with van der Waals surface area (Å²) >= 11 is 0. The molecule has 6 heteroatoms. The third kappa shape index (κ3) is 2.27. The topological polar surface area (TPSA) is 102 Å². The average molecular weight is 248 g/mol. The number of hydrogen-bond acceptors (Lipinski definition) is 3. The van der Waals surface area contributed by atoms with E-state index in [1.54, 1.807) is 12.1 Å². The Morgan fingerprint density at radius 3 is 2.72 bits per heavy atom. The predicted octanol–water partition coefficient (Wildman–Crippen LogP) is 1.08. The Balaban J connectivity index is 2.26. The maximum absolute atomic E-state index is 11.7. The molecule has 0 spiro atoms. The number of amides is 1. The highest BCUT2D eigenvalue weighted by Crippen LogP contribution is 2.20. The molecule has 0 aliphatic carbocycles. The van der Waals surface area contributed by atoms with Crippen LogP contribution in [0.5, 0.6) is 5.75 Å². The zero-order valence-corrected chi connectivity index (χ0v) is 9.60. The molecule has 0 unspecified atom stereocenters. The number of carbonyl (C=O) groups excluding carboxylic acids is 1. The number of aromatic amines is 1. The summed E-state index contributed by atoms with van der Waals surface area (Å²) in [5.41, 5.74) is 0.867. The fourth-order valence-electron chi connectivity index (χ4n) is 1.57. The van der Waals surface area contributed by atoms with Crippen LogP contribution in [0.2, 0.25) is 0 Å². The molecule has 0 saturated carbocycles. The summed E-state index contributed by atoms with van der Waals surface area (Å²) in [5, 5.41) is 21.1. The van der Waals surface area contributed by atoms with Crippen molar-refractivity contribution in [3.05, 3.63) is 30.0 Å². The lowest BCUT2D eigenvalue weighted by atomic mass is 10.2. The molecule has 0 saturated heterocycles. The van der Waals surface area contributed by atoms with E-state index in [0.717, 1.165) is 5.39 Å². The molecule has 1 atom stereocenters. The maximum Gasteiger partial charge on any atom is 0.325 e. The van der Waals surface area contributed by atoms with Gasteiger partial charge in [0.2, 0.25) is 0 Å². The minimum Gasteiger partial charge on any atom is -0.508 e. The number of aromatic nitrogens is 1. The number of carbonyl (C=O) groups is 2. The Labute approximate surface area is 102 Å². The van der Waals surface area contributed by atoms with Crippen molar-refractivity contribution in [1.82, 2.24) is 10.3 Å². The Morgan fingerprint density at radius 2 is 2.06 bits per heavy atom. The number of hydrogen-bond donors (Lipinski definition) is 4. The summed E-state index contributed by atoms with van der Waals surface area (Å²) in [5.74, 6) is -1.51. The van der Waals surface area contributed by atoms with E-state index in [0.29, 0.717) is 5.52 Å². The quantitative estimate of drug-likeness (QED) is 0.652. The molecule has 0 aliphatic rings. The Morgan fingerprint density at radius 1 is 1.33 bits per heavy atom. The normalized spacial score (nSPS) is 12.3. The summed E-state index contributed by atoms with van der Waals surface area (Å²) in [4.78, 5) is 25.2. The molecule has 1 amide bonds. The van der Waals surface area contributed by atoms with Crippen molar-refractivity contribution in [2.24, 2.45) is 0 Å². The molecule has 0 bridgehead atoms. The number of phenolic OH excluding ortho intramolecular Hbond substituents is 1. The minimum atomic E-state index is -1.10. The van der Waals surface area contributed by atoms with Gasteiger partial charge in [-0.1, -0.05) is 0 Å². The standard InChI is InChI=1S/C12H12N2O4/c1-6(12(17)18)13-11(16)10-4-7-2-3-8(15)5-9(7)14-10/h2-6,14-15H,1H3,(H,13,16)(H,17,18)/t6-/m0/s1. The number of carboxylic acids is 1. The number of aliphatic carboxylic acids is 1. The van der Waals surface area contributed by atoms with E-state index in [1.807, 2.05) is 0 Å². The molecule has 0 aliphatic heterocycles. The number of phenols is 1. The highest BCUT2D eigenvalue weighted by molar-refractivity contribution is 5.99. The van der Waals surface area contributed by atoms with Gasteiger partial charge in [-0.25, -0.2) is 0 Å². The fourth-order valence-corrected chi connectivity index (χ4v) is 1.57. The Kier molecular flexibility index (Phi) is 2.93. The number of aromatic hydroxyl groups is 1. The lowest BCUT2D eigenvalue weighted by Gasteiger charge is -2.07. The van der Waals surface area contributed by atoms with Gasteiger partial charge in [-0.05, 0) is 25.1 Å². The zero-order valence-electron chi connectivity index (χ0n) is 9.60. The molecule has 4 N–H and O–H groups in total. The van der Waals surface area contributed by atoms with Crippen LogP contribution in [0.25, 0.3) is 10.9 Å². The van der Waals surface area contributed by atoms with E-state index in [-0.39, 0.29) is 11.4 Å². The van der Waals surface area contributed by atoms with E-state index in [4.69, 9.17) is 5.11 Å². The molecule has 1 heterocycles. The van der Waals surface area contributed by atoms with Crippen molar-refractivity contribution < 1.29 is 19.8 Å². The second-order valence-corrected chi connectivity index (χ2v) is 3.99. The van der Waals surface area contributed by atoms with Gasteiger partial charge in [0, 0.05) is 17.0 Å². The van der Waals surface area contributed by atoms with Gasteiger partial charge in [-0.2, -0.15) is 0 Å². The minimum absolute atomic E-state index is 0.0928. The van der Waals surface area contributed by atoms with Crippen molar-refractivity contribution in [2.45, 2.75) is 13.0 Å². The molecule has 18 heavy (non-hydrogen) atoms. The van der Waals surface area contributed by atoms with Crippen LogP contribution in [0.15, 0.2) is 24.3 Å². The highest BCUT2D eigenvalue weighted by atomic mass is 16.4. The van der Waals surface area contributed by atoms with Crippen LogP contribution >= 0.6 is 0 Å². The van der Waals surface area contributed by atoms with Crippen molar-refractivity contribution in [3.8, 4) is 5.75 Å². The van der Waals surface area contributed by atoms with Gasteiger partial charge < -0.3 is 20.5 Å². The summed E-state index contributed by atoms with van der Waals surface area (Å²) < 4.78 is 0. The van der Waals surface area contributed by atoms with Gasteiger partial charge in [-0.15, -0.1) is 0 Å². The van der Waals surface area contributed by atoms with Crippen LogP contribution in [0, 0.1) is 0 Å². The lowest BCUT2D eigenvalue weighted by molar-refractivity contribution is -0.138. The number of fused-ring (bicyclic) bond motifs is 1. The smallest absolute Gasteiger partial charge is 0.325 e. The number of rotatable bonds is 3. The first-order valence-electron chi connectivity index (χ1n) is 5.33. The Bertz CT molecular complexity index is 618. The second-order valence-electron chi connectivity index (χ2n) is 3.99. The SMILES string of the molecule is C[C@H](NC(=O)c1cc2ccc(O)cc2[nH]1)C(=O)O. The van der Waals surface area contributed by atoms with Crippen molar-refractivity contribution in [2.75, 3.05) is 0 Å². The third-order valence-corrected chi connectivity index (χ3v) is 2.57. The molecular weight excluding hydrogens is 236 g/mol. The van der Waals surface area contributed by atoms with Crippen LogP contribution in [-0.2, 0) is 4.79 Å². The molecule has 6 nitrogen and oxygen atoms in total. The van der Waals surface area contributed by atoms with E-state index in [1.165, 1.54) is 19.1 Å². The highest BCUT2D eigenvalue weighted by Gasteiger charge is 2.16. The van der Waals surface area contributed by atoms with Gasteiger partial charge in [-0.3, -0.25) is 9.59 Å². The molecular formula is C12H12N2O4. The van der Waals surface area contributed by atoms with E-state index in [2.05, 4.69) is 10.3 Å². The van der Waals surface area contributed by atoms with Crippen LogP contribution in [0.4, 0.5) is 0 Å². The van der Waals surface area contributed by atoms with Gasteiger partial charge >= 0.3 is 5.97 Å². The van der Waals surface area contributed by atoms with Crippen molar-refractivity contribution in [3.63, 3.8) is 0 Å². The van der Waals surface area contributed by atoms with Crippen LogP contribution in [-0.4, -0.2) is 33.1 Å². The van der Waals surface area contributed by atoms with Gasteiger partial charge in [0.25, 0.3) is 5.91 Å². The first kappa shape index (κ1) is 12.0. The average Bonchev–Trinajstić information content (AvgIpc) is 2.71. The number of benzene rings is 1. The molecule has 1 aromatic carbocycles. The first-order chi connectivity index (χ1) is 8.47. The first-order valence-corrected chi connectivity index (χ1v) is 5.33. The summed E-state index contributed by atoms with van der Waals surface area (Å²) in [6.07, 6.45) is 0. The van der Waals surface area contributed by atoms with E-state index < -0.39 is 17.9 Å². The molecule has 1 aromatic heterocycles. The maximum atomic E-state index is 11.7. The van der Waals surface area contributed by atoms with Crippen molar-refractivity contribution in [1.29, 1.82) is 0 Å². The summed E-state index contributed by atoms with van der Waals surface area (Å²) in [7, 11) is 0. The summed E-state index contributed by atoms with van der Waals surface area (Å²) in [6, 6.07) is 5.30. The van der Waals surface area contributed by atoms with Gasteiger partial charge in [0.05, 0.1) is 0 Å². The molecule has 0 fully saturated rings. The van der Waals surface area contributed by atoms with Crippen LogP contribution in [0.1, 0.15) is 17.4 Å². The summed E-state index contributed by atoms with van der Waals surface area (Å²) in [6.45, 7) is 1.38. The Hall–Kier alpha value is -2.50.